The molecule has 0 amide bonds. The number of hydrogen-bond donors (Lipinski definition) is 0. The normalized spacial score (nSPS) is 16.2. The van der Waals surface area contributed by atoms with Gasteiger partial charge in [-0.25, -0.2) is 4.98 Å². The molecule has 7 rings (SSSR count). The largest absolute Gasteiger partial charge is 0.483 e. The summed E-state index contributed by atoms with van der Waals surface area (Å²) in [5.41, 5.74) is 5.44. The fourth-order valence-electron chi connectivity index (χ4n) is 5.87. The predicted octanol–water partition coefficient (Wildman–Crippen LogP) is 6.56. The van der Waals surface area contributed by atoms with Crippen LogP contribution in [0.1, 0.15) is 53.1 Å². The van der Waals surface area contributed by atoms with Crippen LogP contribution in [-0.4, -0.2) is 14.1 Å². The van der Waals surface area contributed by atoms with E-state index in [2.05, 4.69) is 69.8 Å². The van der Waals surface area contributed by atoms with Gasteiger partial charge in [0.1, 0.15) is 12.3 Å². The van der Waals surface area contributed by atoms with Gasteiger partial charge in [-0.2, -0.15) is 0 Å². The highest BCUT2D eigenvalue weighted by atomic mass is 16.5. The second-order valence-electron chi connectivity index (χ2n) is 10.3. The number of hydrogen-bond acceptors (Lipinski definition) is 3. The number of fused-ring (bicyclic) bond motifs is 3. The summed E-state index contributed by atoms with van der Waals surface area (Å²) in [6, 6.07) is 33.0. The summed E-state index contributed by atoms with van der Waals surface area (Å²) in [4.78, 5) is 18.2. The van der Waals surface area contributed by atoms with Crippen molar-refractivity contribution >= 4 is 0 Å². The van der Waals surface area contributed by atoms with Crippen LogP contribution in [0, 0.1) is 0 Å². The number of aromatic nitrogens is 3. The van der Waals surface area contributed by atoms with E-state index in [0.29, 0.717) is 18.3 Å². The number of pyridine rings is 1. The average Bonchev–Trinajstić information content (AvgIpc) is 3.73. The van der Waals surface area contributed by atoms with E-state index >= 15 is 0 Å². The quantitative estimate of drug-likeness (QED) is 0.255. The lowest BCUT2D eigenvalue weighted by Crippen LogP contribution is -2.32. The van der Waals surface area contributed by atoms with Crippen molar-refractivity contribution in [1.82, 2.24) is 14.1 Å². The molecule has 2 aromatic heterocycles. The lowest BCUT2D eigenvalue weighted by Gasteiger charge is -2.37. The van der Waals surface area contributed by atoms with Gasteiger partial charge in [0.25, 0.3) is 0 Å². The van der Waals surface area contributed by atoms with E-state index in [9.17, 15) is 4.79 Å². The third kappa shape index (κ3) is 4.04. The molecule has 0 N–H and O–H groups in total. The van der Waals surface area contributed by atoms with Crippen molar-refractivity contribution in [2.24, 2.45) is 0 Å². The van der Waals surface area contributed by atoms with Crippen LogP contribution in [0.2, 0.25) is 0 Å². The van der Waals surface area contributed by atoms with Gasteiger partial charge in [0.2, 0.25) is 5.43 Å². The maximum absolute atomic E-state index is 13.3. The number of benzene rings is 3. The Morgan fingerprint density at radius 2 is 1.47 bits per heavy atom. The summed E-state index contributed by atoms with van der Waals surface area (Å²) in [7, 11) is 0. The van der Waals surface area contributed by atoms with Crippen molar-refractivity contribution in [3.05, 3.63) is 142 Å². The molecule has 1 atom stereocenters. The Bertz CT molecular complexity index is 1580. The molecule has 0 spiro atoms. The van der Waals surface area contributed by atoms with E-state index in [1.54, 1.807) is 6.07 Å². The Balaban J connectivity index is 1.41. The molecule has 1 saturated carbocycles. The number of nitrogens with zero attached hydrogens (tertiary/aromatic N) is 3. The molecule has 1 fully saturated rings. The van der Waals surface area contributed by atoms with Crippen LogP contribution in [0.4, 0.5) is 0 Å². The minimum Gasteiger partial charge on any atom is -0.483 e. The predicted molar refractivity (Wildman–Crippen MR) is 148 cm³/mol. The molecule has 5 aromatic rings. The smallest absolute Gasteiger partial charge is 0.224 e. The molecule has 3 heterocycles. The summed E-state index contributed by atoms with van der Waals surface area (Å²) >= 11 is 0. The zero-order valence-electron chi connectivity index (χ0n) is 21.1. The molecule has 5 nitrogen and oxygen atoms in total. The van der Waals surface area contributed by atoms with E-state index in [-0.39, 0.29) is 17.4 Å². The Labute approximate surface area is 222 Å². The topological polar surface area (TPSA) is 49.1 Å². The molecule has 1 aliphatic carbocycles. The molecular formula is C33H29N3O2. The van der Waals surface area contributed by atoms with Gasteiger partial charge in [-0.1, -0.05) is 91.0 Å². The molecule has 5 heteroatoms. The van der Waals surface area contributed by atoms with Gasteiger partial charge in [-0.05, 0) is 29.5 Å². The molecule has 188 valence electrons. The third-order valence-electron chi connectivity index (χ3n) is 7.83. The highest BCUT2D eigenvalue weighted by molar-refractivity contribution is 5.63. The molecule has 0 unspecified atom stereocenters. The molecule has 1 aliphatic heterocycles. The molecule has 2 aliphatic rings. The molecule has 38 heavy (non-hydrogen) atoms. The first-order valence-corrected chi connectivity index (χ1v) is 13.4. The van der Waals surface area contributed by atoms with Gasteiger partial charge in [0, 0.05) is 42.5 Å². The standard InChI is InChI=1S/C33H29N3O2/c37-29-18-19-35-28(30(25-12-6-2-7-13-25)26-14-8-3-9-15-26)21-36-27(24-16-17-24)20-34-33(36)31(35)32(29)38-22-23-10-4-1-5-11-23/h1-15,18-20,24,28,30H,16-17,21-22H2/t28-/m1/s1. The number of ether oxygens (including phenoxy) is 1. The summed E-state index contributed by atoms with van der Waals surface area (Å²) in [6.07, 6.45) is 6.33. The van der Waals surface area contributed by atoms with Crippen molar-refractivity contribution in [3.63, 3.8) is 0 Å². The first-order valence-electron chi connectivity index (χ1n) is 13.4. The van der Waals surface area contributed by atoms with E-state index in [1.165, 1.54) is 29.7 Å². The Morgan fingerprint density at radius 3 is 2.11 bits per heavy atom. The van der Waals surface area contributed by atoms with E-state index < -0.39 is 0 Å². The van der Waals surface area contributed by atoms with Crippen molar-refractivity contribution in [3.8, 4) is 17.3 Å². The number of imidazole rings is 1. The first-order chi connectivity index (χ1) is 18.8. The fraction of sp³-hybridized carbons (Fsp3) is 0.212. The Kier molecular flexibility index (Phi) is 5.69. The molecule has 3 aromatic carbocycles. The summed E-state index contributed by atoms with van der Waals surface area (Å²) < 4.78 is 10.9. The van der Waals surface area contributed by atoms with Gasteiger partial charge in [0.05, 0.1) is 6.04 Å². The monoisotopic (exact) mass is 499 g/mol. The maximum atomic E-state index is 13.3. The first kappa shape index (κ1) is 22.8. The summed E-state index contributed by atoms with van der Waals surface area (Å²) in [5.74, 6) is 1.82. The van der Waals surface area contributed by atoms with E-state index in [0.717, 1.165) is 23.6 Å². The average molecular weight is 500 g/mol. The van der Waals surface area contributed by atoms with E-state index in [4.69, 9.17) is 9.72 Å². The molecule has 0 radical (unpaired) electrons. The van der Waals surface area contributed by atoms with Crippen LogP contribution in [0.15, 0.2) is 114 Å². The lowest BCUT2D eigenvalue weighted by molar-refractivity contribution is 0.293. The summed E-state index contributed by atoms with van der Waals surface area (Å²) in [5, 5.41) is 0. The van der Waals surface area contributed by atoms with Crippen molar-refractivity contribution in [1.29, 1.82) is 0 Å². The zero-order valence-corrected chi connectivity index (χ0v) is 21.1. The van der Waals surface area contributed by atoms with E-state index in [1.807, 2.05) is 42.7 Å². The molecule has 0 saturated heterocycles. The molecular weight excluding hydrogens is 470 g/mol. The fourth-order valence-corrected chi connectivity index (χ4v) is 5.87. The van der Waals surface area contributed by atoms with Crippen molar-refractivity contribution < 1.29 is 4.74 Å². The lowest BCUT2D eigenvalue weighted by atomic mass is 9.83. The van der Waals surface area contributed by atoms with Crippen LogP contribution in [0.5, 0.6) is 5.75 Å². The minimum atomic E-state index is -0.119. The van der Waals surface area contributed by atoms with Gasteiger partial charge in [-0.3, -0.25) is 4.79 Å². The Hall–Kier alpha value is -4.38. The van der Waals surface area contributed by atoms with Crippen LogP contribution in [0.25, 0.3) is 11.5 Å². The van der Waals surface area contributed by atoms with Crippen LogP contribution >= 0.6 is 0 Å². The minimum absolute atomic E-state index is 0.0358. The second-order valence-corrected chi connectivity index (χ2v) is 10.3. The van der Waals surface area contributed by atoms with Gasteiger partial charge < -0.3 is 13.9 Å². The third-order valence-corrected chi connectivity index (χ3v) is 7.83. The van der Waals surface area contributed by atoms with Crippen LogP contribution < -0.4 is 10.2 Å². The summed E-state index contributed by atoms with van der Waals surface area (Å²) in [6.45, 7) is 1.11. The van der Waals surface area contributed by atoms with Gasteiger partial charge >= 0.3 is 0 Å². The molecule has 0 bridgehead atoms. The highest BCUT2D eigenvalue weighted by Crippen LogP contribution is 2.47. The zero-order chi connectivity index (χ0) is 25.5. The number of rotatable bonds is 7. The van der Waals surface area contributed by atoms with Crippen LogP contribution in [0.3, 0.4) is 0 Å². The van der Waals surface area contributed by atoms with Crippen molar-refractivity contribution in [2.75, 3.05) is 0 Å². The maximum Gasteiger partial charge on any atom is 0.224 e. The van der Waals surface area contributed by atoms with Crippen molar-refractivity contribution in [2.45, 2.75) is 43.9 Å². The van der Waals surface area contributed by atoms with Crippen LogP contribution in [-0.2, 0) is 13.2 Å². The second kappa shape index (κ2) is 9.49. The van der Waals surface area contributed by atoms with Gasteiger partial charge in [0.15, 0.2) is 11.6 Å². The SMILES string of the molecule is O=c1ccn2c(c1OCc1ccccc1)-c1ncc(C3CC3)n1C[C@@H]2C(c1ccccc1)c1ccccc1. The van der Waals surface area contributed by atoms with Gasteiger partial charge in [-0.15, -0.1) is 0 Å². The highest BCUT2D eigenvalue weighted by Gasteiger charge is 2.38. The Morgan fingerprint density at radius 1 is 0.842 bits per heavy atom.